The number of esters is 1. The summed E-state index contributed by atoms with van der Waals surface area (Å²) in [5.74, 6) is 0.565. The highest BCUT2D eigenvalue weighted by Gasteiger charge is 2.14. The Labute approximate surface area is 220 Å². The molecule has 2 aromatic rings. The first-order chi connectivity index (χ1) is 17.0. The van der Waals surface area contributed by atoms with Crippen molar-refractivity contribution in [3.05, 3.63) is 60.1 Å². The second-order valence-corrected chi connectivity index (χ2v) is 9.09. The lowest BCUT2D eigenvalue weighted by Crippen LogP contribution is -2.16. The van der Waals surface area contributed by atoms with Crippen molar-refractivity contribution >= 4 is 51.7 Å². The van der Waals surface area contributed by atoms with E-state index >= 15 is 0 Å². The minimum atomic E-state index is -0.376. The van der Waals surface area contributed by atoms with Gasteiger partial charge in [-0.15, -0.1) is 0 Å². The third-order valence-corrected chi connectivity index (χ3v) is 5.90. The second kappa shape index (κ2) is 16.0. The van der Waals surface area contributed by atoms with Crippen LogP contribution in [0.2, 0.25) is 0 Å². The molecule has 0 aliphatic carbocycles. The van der Waals surface area contributed by atoms with E-state index in [4.69, 9.17) is 15.2 Å². The molecule has 188 valence electrons. The van der Waals surface area contributed by atoms with Crippen molar-refractivity contribution in [2.75, 3.05) is 26.1 Å². The Kier molecular flexibility index (Phi) is 13.1. The van der Waals surface area contributed by atoms with Gasteiger partial charge in [-0.2, -0.15) is 0 Å². The van der Waals surface area contributed by atoms with E-state index in [1.54, 1.807) is 42.5 Å². The topological polar surface area (TPSA) is 125 Å². The zero-order valence-electron chi connectivity index (χ0n) is 19.8. The number of benzene rings is 1. The first kappa shape index (κ1) is 28.5. The fourth-order valence-electron chi connectivity index (χ4n) is 3.09. The van der Waals surface area contributed by atoms with Gasteiger partial charge in [0.15, 0.2) is 0 Å². The van der Waals surface area contributed by atoms with Gasteiger partial charge in [0, 0.05) is 12.5 Å². The van der Waals surface area contributed by atoms with E-state index in [9.17, 15) is 9.59 Å². The number of methoxy groups -OCH3 is 2. The molecule has 1 unspecified atom stereocenters. The molecule has 0 spiro atoms. The van der Waals surface area contributed by atoms with Crippen LogP contribution in [0.4, 0.5) is 5.69 Å². The smallest absolute Gasteiger partial charge is 0.305 e. The Balaban J connectivity index is 1.95. The number of hydrogen-bond acceptors (Lipinski definition) is 8. The lowest BCUT2D eigenvalue weighted by molar-refractivity contribution is -0.140. The Bertz CT molecular complexity index is 1050. The molecule has 1 atom stereocenters. The normalized spacial score (nSPS) is 11.7. The molecule has 1 amide bonds. The average molecular weight is 612 g/mol. The van der Waals surface area contributed by atoms with Crippen LogP contribution in [0.3, 0.4) is 0 Å². The highest BCUT2D eigenvalue weighted by atomic mass is 127. The maximum Gasteiger partial charge on any atom is 0.305 e. The minimum absolute atomic E-state index is 0.178. The average Bonchev–Trinajstić information content (AvgIpc) is 2.88. The number of nitrogens with two attached hydrogens (primary N) is 1. The summed E-state index contributed by atoms with van der Waals surface area (Å²) >= 11 is 2.15. The number of carbonyl (C=O) groups excluding carboxylic acids is 2. The third-order valence-electron chi connectivity index (χ3n) is 4.85. The number of halogens is 1. The quantitative estimate of drug-likeness (QED) is 0.101. The number of amides is 1. The molecule has 11 heteroatoms. The number of rotatable bonds is 14. The molecule has 0 aliphatic rings. The molecule has 1 aromatic carbocycles. The number of nitrogens with one attached hydrogen (secondary N) is 1. The number of pyridine rings is 1. The molecule has 0 radical (unpaired) electrons. The zero-order chi connectivity index (χ0) is 25.5. The summed E-state index contributed by atoms with van der Waals surface area (Å²) in [6, 6.07) is 10.4. The van der Waals surface area contributed by atoms with Crippen LogP contribution in [0.1, 0.15) is 48.3 Å². The van der Waals surface area contributed by atoms with Crippen LogP contribution >= 0.6 is 28.4 Å². The van der Waals surface area contributed by atoms with Gasteiger partial charge in [-0.05, 0) is 71.4 Å². The number of aromatic nitrogens is 1. The van der Waals surface area contributed by atoms with E-state index in [-0.39, 0.29) is 17.6 Å². The number of ether oxygens (including phenoxy) is 3. The maximum absolute atomic E-state index is 12.8. The van der Waals surface area contributed by atoms with Gasteiger partial charge >= 0.3 is 5.97 Å². The van der Waals surface area contributed by atoms with Crippen molar-refractivity contribution in [2.24, 2.45) is 10.5 Å². The van der Waals surface area contributed by atoms with Gasteiger partial charge in [0.05, 0.1) is 44.3 Å². The van der Waals surface area contributed by atoms with Crippen LogP contribution in [0.25, 0.3) is 0 Å². The molecule has 0 bridgehead atoms. The van der Waals surface area contributed by atoms with Crippen LogP contribution in [0.5, 0.6) is 11.5 Å². The molecule has 1 aromatic heterocycles. The Hall–Kier alpha value is -2.72. The number of anilines is 1. The Morgan fingerprint density at radius 3 is 2.63 bits per heavy atom. The number of carbonyl (C=O) groups is 2. The van der Waals surface area contributed by atoms with Gasteiger partial charge in [-0.25, -0.2) is 4.98 Å². The summed E-state index contributed by atoms with van der Waals surface area (Å²) in [5, 5.41) is 2.84. The van der Waals surface area contributed by atoms with E-state index in [0.717, 1.165) is 25.7 Å². The monoisotopic (exact) mass is 612 g/mol. The van der Waals surface area contributed by atoms with Gasteiger partial charge in [0.2, 0.25) is 0 Å². The van der Waals surface area contributed by atoms with Crippen molar-refractivity contribution in [3.63, 3.8) is 0 Å². The summed E-state index contributed by atoms with van der Waals surface area (Å²) in [6.45, 7) is 0.544. The summed E-state index contributed by atoms with van der Waals surface area (Å²) in [5.41, 5.74) is 7.42. The van der Waals surface area contributed by atoms with Crippen LogP contribution in [-0.4, -0.2) is 43.4 Å². The van der Waals surface area contributed by atoms with Crippen molar-refractivity contribution < 1.29 is 23.8 Å². The summed E-state index contributed by atoms with van der Waals surface area (Å²) in [4.78, 5) is 28.4. The number of hydrogen-bond donors (Lipinski definition) is 2. The first-order valence-electron chi connectivity index (χ1n) is 11.0. The van der Waals surface area contributed by atoms with E-state index in [1.807, 2.05) is 0 Å². The lowest BCUT2D eigenvalue weighted by atomic mass is 10.1. The molecule has 35 heavy (non-hydrogen) atoms. The predicted octanol–water partition coefficient (Wildman–Crippen LogP) is 5.05. The summed E-state index contributed by atoms with van der Waals surface area (Å²) in [6.07, 6.45) is 7.37. The fourth-order valence-corrected chi connectivity index (χ4v) is 4.15. The highest BCUT2D eigenvalue weighted by Crippen LogP contribution is 2.30. The van der Waals surface area contributed by atoms with Crippen LogP contribution < -0.4 is 20.5 Å². The number of unbranched alkanes of at least 4 members (excludes halogenated alkanes) is 3. The molecule has 0 fully saturated rings. The van der Waals surface area contributed by atoms with Gasteiger partial charge in [-0.1, -0.05) is 18.9 Å². The zero-order valence-corrected chi connectivity index (χ0v) is 22.9. The van der Waals surface area contributed by atoms with E-state index in [0.29, 0.717) is 48.0 Å². The summed E-state index contributed by atoms with van der Waals surface area (Å²) in [7, 11) is 2.93. The largest absolute Gasteiger partial charge is 0.494 e. The molecule has 0 saturated heterocycles. The van der Waals surface area contributed by atoms with Crippen molar-refractivity contribution in [1.82, 2.24) is 4.98 Å². The molecule has 1 heterocycles. The van der Waals surface area contributed by atoms with Gasteiger partial charge in [0.25, 0.3) is 5.91 Å². The number of nitrogens with zero attached hydrogens (tertiary/aromatic N) is 2. The summed E-state index contributed by atoms with van der Waals surface area (Å²) < 4.78 is 20.3. The molecule has 0 aliphatic heterocycles. The SMILES string of the molecule is COC(=O)CCCCCCOc1ccc(NC(=O)c2cccc(C(C=CN)=NPI)n2)c(OC)c1. The molecule has 9 nitrogen and oxygen atoms in total. The Morgan fingerprint density at radius 1 is 1.14 bits per heavy atom. The Morgan fingerprint density at radius 2 is 1.91 bits per heavy atom. The van der Waals surface area contributed by atoms with E-state index < -0.39 is 0 Å². The van der Waals surface area contributed by atoms with Crippen molar-refractivity contribution in [2.45, 2.75) is 32.1 Å². The van der Waals surface area contributed by atoms with Crippen LogP contribution in [0.15, 0.2) is 53.4 Å². The van der Waals surface area contributed by atoms with Crippen LogP contribution in [0, 0.1) is 0 Å². The highest BCUT2D eigenvalue weighted by molar-refractivity contribution is 14.2. The van der Waals surface area contributed by atoms with Gasteiger partial charge < -0.3 is 25.3 Å². The third kappa shape index (κ3) is 9.81. The maximum atomic E-state index is 12.8. The van der Waals surface area contributed by atoms with Gasteiger partial charge in [0.1, 0.15) is 17.2 Å². The van der Waals surface area contributed by atoms with Crippen molar-refractivity contribution in [1.29, 1.82) is 0 Å². The molecule has 3 N–H and O–H groups in total. The lowest BCUT2D eigenvalue weighted by Gasteiger charge is -2.13. The number of allylic oxidation sites excluding steroid dienone is 1. The molecule has 0 saturated carbocycles. The molecular weight excluding hydrogens is 582 g/mol. The van der Waals surface area contributed by atoms with Crippen LogP contribution in [-0.2, 0) is 9.53 Å². The van der Waals surface area contributed by atoms with Gasteiger partial charge in [-0.3, -0.25) is 14.4 Å². The fraction of sp³-hybridized carbons (Fsp3) is 0.333. The van der Waals surface area contributed by atoms with Crippen molar-refractivity contribution in [3.8, 4) is 11.5 Å². The first-order valence-corrected chi connectivity index (χ1v) is 15.1. The van der Waals surface area contributed by atoms with E-state index in [1.165, 1.54) is 20.4 Å². The predicted molar refractivity (Wildman–Crippen MR) is 148 cm³/mol. The molecular formula is C24H30IN4O5P. The standard InChI is InChI=1S/C24H30IN4O5P/c1-32-22-16-17(34-15-6-4-3-5-10-23(30)33-2)11-12-20(22)28-24(31)21-9-7-8-18(27-21)19(13-14-26)29-35-25/h7-9,11-14,16,35H,3-6,10,15,26H2,1-2H3,(H,28,31). The minimum Gasteiger partial charge on any atom is -0.494 e. The van der Waals surface area contributed by atoms with E-state index in [2.05, 4.69) is 41.8 Å². The molecule has 2 rings (SSSR count). The second-order valence-electron chi connectivity index (χ2n) is 7.25.